The number of nitrogens with two attached hydrogens (primary N) is 1. The Bertz CT molecular complexity index is 952. The van der Waals surface area contributed by atoms with Gasteiger partial charge in [0.05, 0.1) is 16.3 Å². The summed E-state index contributed by atoms with van der Waals surface area (Å²) in [6, 6.07) is 14.3. The van der Waals surface area contributed by atoms with Gasteiger partial charge in [-0.2, -0.15) is 0 Å². The molecular weight excluding hydrogens is 420 g/mol. The van der Waals surface area contributed by atoms with Crippen molar-refractivity contribution in [1.29, 1.82) is 0 Å². The Labute approximate surface area is 163 Å². The number of hydrogen-bond donors (Lipinski definition) is 4. The van der Waals surface area contributed by atoms with Crippen LogP contribution in [0.5, 0.6) is 0 Å². The summed E-state index contributed by atoms with van der Waals surface area (Å²) in [5, 5.41) is 3.57. The number of rotatable bonds is 5. The van der Waals surface area contributed by atoms with E-state index in [4.69, 9.17) is 17.3 Å². The summed E-state index contributed by atoms with van der Waals surface area (Å²) >= 11 is 9.46. The van der Waals surface area contributed by atoms with Gasteiger partial charge in [-0.15, -0.1) is 0 Å². The molecule has 7 nitrogen and oxygen atoms in total. The van der Waals surface area contributed by atoms with Gasteiger partial charge in [0.2, 0.25) is 0 Å². The Morgan fingerprint density at radius 1 is 1.04 bits per heavy atom. The molecule has 0 spiro atoms. The normalized spacial score (nSPS) is 10.2. The molecule has 0 saturated heterocycles. The quantitative estimate of drug-likeness (QED) is 0.454. The van der Waals surface area contributed by atoms with Gasteiger partial charge in [-0.3, -0.25) is 15.6 Å². The molecule has 0 unspecified atom stereocenters. The molecule has 0 radical (unpaired) electrons. The SMILES string of the molecule is Nc1c(NNC(=O)c2ccccc2Br)ncnc1Nc1ccccc1Cl. The topological polar surface area (TPSA) is 105 Å². The number of carbonyl (C=O) groups excluding carboxylic acids is 1. The van der Waals surface area contributed by atoms with E-state index in [2.05, 4.69) is 42.1 Å². The molecule has 1 amide bonds. The number of hydrogen-bond acceptors (Lipinski definition) is 6. The molecule has 0 bridgehead atoms. The second kappa shape index (κ2) is 8.03. The molecule has 3 aromatic rings. The molecule has 26 heavy (non-hydrogen) atoms. The molecule has 1 heterocycles. The van der Waals surface area contributed by atoms with E-state index in [0.29, 0.717) is 26.6 Å². The number of hydrazine groups is 1. The number of benzene rings is 2. The third-order valence-corrected chi connectivity index (χ3v) is 4.44. The monoisotopic (exact) mass is 432 g/mol. The van der Waals surface area contributed by atoms with E-state index in [9.17, 15) is 4.79 Å². The van der Waals surface area contributed by atoms with Gasteiger partial charge < -0.3 is 11.1 Å². The van der Waals surface area contributed by atoms with E-state index < -0.39 is 0 Å². The smallest absolute Gasteiger partial charge is 0.270 e. The van der Waals surface area contributed by atoms with E-state index in [1.807, 2.05) is 18.2 Å². The van der Waals surface area contributed by atoms with Crippen LogP contribution in [0.25, 0.3) is 0 Å². The van der Waals surface area contributed by atoms with Crippen molar-refractivity contribution in [2.45, 2.75) is 0 Å². The highest BCUT2D eigenvalue weighted by Gasteiger charge is 2.12. The first-order chi connectivity index (χ1) is 12.6. The van der Waals surface area contributed by atoms with Crippen LogP contribution in [0.1, 0.15) is 10.4 Å². The van der Waals surface area contributed by atoms with Crippen molar-refractivity contribution in [3.8, 4) is 0 Å². The van der Waals surface area contributed by atoms with Crippen molar-refractivity contribution in [1.82, 2.24) is 15.4 Å². The molecule has 0 aliphatic heterocycles. The van der Waals surface area contributed by atoms with E-state index in [-0.39, 0.29) is 17.4 Å². The fraction of sp³-hybridized carbons (Fsp3) is 0. The summed E-state index contributed by atoms with van der Waals surface area (Å²) in [5.41, 5.74) is 12.7. The van der Waals surface area contributed by atoms with E-state index in [0.717, 1.165) is 0 Å². The Morgan fingerprint density at radius 2 is 1.73 bits per heavy atom. The Balaban J connectivity index is 1.74. The highest BCUT2D eigenvalue weighted by molar-refractivity contribution is 9.10. The summed E-state index contributed by atoms with van der Waals surface area (Å²) in [6.45, 7) is 0. The summed E-state index contributed by atoms with van der Waals surface area (Å²) < 4.78 is 0.677. The zero-order valence-corrected chi connectivity index (χ0v) is 15.7. The zero-order valence-electron chi connectivity index (χ0n) is 13.3. The predicted octanol–water partition coefficient (Wildman–Crippen LogP) is 3.98. The molecule has 3 rings (SSSR count). The van der Waals surface area contributed by atoms with Gasteiger partial charge in [0.15, 0.2) is 11.6 Å². The number of nitrogens with one attached hydrogen (secondary N) is 3. The summed E-state index contributed by atoms with van der Waals surface area (Å²) in [5.74, 6) is 0.289. The van der Waals surface area contributed by atoms with Crippen molar-refractivity contribution in [2.75, 3.05) is 16.5 Å². The second-order valence-corrected chi connectivity index (χ2v) is 6.41. The highest BCUT2D eigenvalue weighted by atomic mass is 79.9. The second-order valence-electron chi connectivity index (χ2n) is 5.15. The fourth-order valence-electron chi connectivity index (χ4n) is 2.11. The van der Waals surface area contributed by atoms with E-state index in [1.54, 1.807) is 30.3 Å². The van der Waals surface area contributed by atoms with Crippen molar-refractivity contribution >= 4 is 56.4 Å². The predicted molar refractivity (Wildman–Crippen MR) is 106 cm³/mol. The van der Waals surface area contributed by atoms with Crippen molar-refractivity contribution in [3.63, 3.8) is 0 Å². The minimum atomic E-state index is -0.337. The molecule has 0 aliphatic carbocycles. The lowest BCUT2D eigenvalue weighted by molar-refractivity contribution is 0.0962. The van der Waals surface area contributed by atoms with Crippen LogP contribution in [-0.2, 0) is 0 Å². The molecule has 132 valence electrons. The highest BCUT2D eigenvalue weighted by Crippen LogP contribution is 2.29. The third-order valence-electron chi connectivity index (χ3n) is 3.42. The summed E-state index contributed by atoms with van der Waals surface area (Å²) in [4.78, 5) is 20.4. The summed E-state index contributed by atoms with van der Waals surface area (Å²) in [7, 11) is 0. The average molecular weight is 434 g/mol. The van der Waals surface area contributed by atoms with Gasteiger partial charge in [0.25, 0.3) is 5.91 Å². The molecule has 0 saturated carbocycles. The van der Waals surface area contributed by atoms with E-state index >= 15 is 0 Å². The standard InChI is InChI=1S/C17H14BrClN6O/c18-11-6-2-1-5-10(11)17(26)25-24-16-14(20)15(21-9-22-16)23-13-8-4-3-7-12(13)19/h1-9H,20H2,(H,25,26)(H2,21,22,23,24). The number of carbonyl (C=O) groups is 1. The van der Waals surface area contributed by atoms with Gasteiger partial charge in [-0.05, 0) is 40.2 Å². The Kier molecular flexibility index (Phi) is 5.55. The number of anilines is 4. The van der Waals surface area contributed by atoms with Gasteiger partial charge in [-0.1, -0.05) is 35.9 Å². The first-order valence-electron chi connectivity index (χ1n) is 7.49. The molecule has 2 aromatic carbocycles. The number of halogens is 2. The average Bonchev–Trinajstić information content (AvgIpc) is 2.64. The largest absolute Gasteiger partial charge is 0.393 e. The first kappa shape index (κ1) is 18.0. The zero-order chi connectivity index (χ0) is 18.5. The summed E-state index contributed by atoms with van der Waals surface area (Å²) in [6.07, 6.45) is 1.32. The maximum Gasteiger partial charge on any atom is 0.270 e. The third kappa shape index (κ3) is 4.04. The first-order valence-corrected chi connectivity index (χ1v) is 8.66. The number of amides is 1. The van der Waals surface area contributed by atoms with Crippen LogP contribution in [0.2, 0.25) is 5.02 Å². The van der Waals surface area contributed by atoms with Crippen LogP contribution in [-0.4, -0.2) is 15.9 Å². The molecule has 0 fully saturated rings. The lowest BCUT2D eigenvalue weighted by Crippen LogP contribution is -2.30. The van der Waals surface area contributed by atoms with Crippen LogP contribution in [0.3, 0.4) is 0 Å². The Morgan fingerprint density at radius 3 is 2.50 bits per heavy atom. The maximum atomic E-state index is 12.2. The number of nitrogens with zero attached hydrogens (tertiary/aromatic N) is 2. The lowest BCUT2D eigenvalue weighted by Gasteiger charge is -2.14. The van der Waals surface area contributed by atoms with Crippen molar-refractivity contribution in [3.05, 3.63) is 69.9 Å². The number of nitrogen functional groups attached to an aromatic ring is 1. The molecule has 5 N–H and O–H groups in total. The van der Waals surface area contributed by atoms with Crippen LogP contribution in [0.4, 0.5) is 23.0 Å². The maximum absolute atomic E-state index is 12.2. The van der Waals surface area contributed by atoms with Gasteiger partial charge in [-0.25, -0.2) is 9.97 Å². The van der Waals surface area contributed by atoms with Crippen molar-refractivity contribution < 1.29 is 4.79 Å². The fourth-order valence-corrected chi connectivity index (χ4v) is 2.76. The minimum absolute atomic E-state index is 0.236. The molecule has 0 atom stereocenters. The van der Waals surface area contributed by atoms with Gasteiger partial charge in [0, 0.05) is 4.47 Å². The van der Waals surface area contributed by atoms with Crippen LogP contribution < -0.4 is 21.9 Å². The minimum Gasteiger partial charge on any atom is -0.393 e. The van der Waals surface area contributed by atoms with Gasteiger partial charge >= 0.3 is 0 Å². The van der Waals surface area contributed by atoms with Crippen LogP contribution in [0.15, 0.2) is 59.3 Å². The van der Waals surface area contributed by atoms with Crippen molar-refractivity contribution in [2.24, 2.45) is 0 Å². The van der Waals surface area contributed by atoms with E-state index in [1.165, 1.54) is 6.33 Å². The lowest BCUT2D eigenvalue weighted by atomic mass is 10.2. The molecule has 1 aromatic heterocycles. The number of aromatic nitrogens is 2. The Hall–Kier alpha value is -2.84. The van der Waals surface area contributed by atoms with Crippen LogP contribution >= 0.6 is 27.5 Å². The molecule has 9 heteroatoms. The van der Waals surface area contributed by atoms with Crippen LogP contribution in [0, 0.1) is 0 Å². The van der Waals surface area contributed by atoms with Gasteiger partial charge in [0.1, 0.15) is 12.0 Å². The molecular formula is C17H14BrClN6O. The number of para-hydroxylation sites is 1. The molecule has 0 aliphatic rings.